The van der Waals surface area contributed by atoms with Gasteiger partial charge in [0.05, 0.1) is 6.61 Å². The quantitative estimate of drug-likeness (QED) is 0.259. The van der Waals surface area contributed by atoms with Gasteiger partial charge in [0.15, 0.2) is 0 Å². The van der Waals surface area contributed by atoms with Crippen LogP contribution in [0.15, 0.2) is 29.2 Å². The molecule has 0 amide bonds. The standard InChI is InChI=1S/C24H37F5OS/c1-2-3-4-5-19-6-10-21(11-7-19)22-12-8-20(9-13-22)18-30-23-14-16-24(17-15-23)31(25,26,27,28)29/h14-17,19-22H,2-13,18H2,1H3. The van der Waals surface area contributed by atoms with E-state index >= 15 is 0 Å². The van der Waals surface area contributed by atoms with E-state index in [9.17, 15) is 19.4 Å². The largest absolute Gasteiger partial charge is 0.493 e. The summed E-state index contributed by atoms with van der Waals surface area (Å²) < 4.78 is 69.6. The van der Waals surface area contributed by atoms with Crippen LogP contribution in [0.25, 0.3) is 0 Å². The molecule has 2 fully saturated rings. The summed E-state index contributed by atoms with van der Waals surface area (Å²) >= 11 is 0. The predicted octanol–water partition coefficient (Wildman–Crippen LogP) is 9.92. The second-order valence-corrected chi connectivity index (χ2v) is 12.2. The molecule has 0 heterocycles. The molecule has 0 aliphatic heterocycles. The lowest BCUT2D eigenvalue weighted by atomic mass is 9.69. The van der Waals surface area contributed by atoms with Crippen LogP contribution in [0.3, 0.4) is 0 Å². The molecule has 0 radical (unpaired) electrons. The van der Waals surface area contributed by atoms with Crippen molar-refractivity contribution in [2.45, 2.75) is 88.9 Å². The van der Waals surface area contributed by atoms with Crippen LogP contribution in [0.2, 0.25) is 0 Å². The third kappa shape index (κ3) is 7.54. The Bertz CT molecular complexity index is 687. The topological polar surface area (TPSA) is 9.23 Å². The normalized spacial score (nSPS) is 29.7. The number of benzene rings is 1. The summed E-state index contributed by atoms with van der Waals surface area (Å²) in [5.74, 6) is 3.18. The maximum Gasteiger partial charge on any atom is 0.310 e. The van der Waals surface area contributed by atoms with Crippen LogP contribution < -0.4 is 4.74 Å². The van der Waals surface area contributed by atoms with Crippen molar-refractivity contribution in [2.75, 3.05) is 6.61 Å². The molecule has 0 N–H and O–H groups in total. The Morgan fingerprint density at radius 3 is 1.74 bits per heavy atom. The highest BCUT2D eigenvalue weighted by Gasteiger charge is 2.65. The Hall–Kier alpha value is -0.980. The number of hydrogen-bond donors (Lipinski definition) is 0. The fourth-order valence-electron chi connectivity index (χ4n) is 5.46. The summed E-state index contributed by atoms with van der Waals surface area (Å²) in [6, 6.07) is 2.84. The molecule has 0 spiro atoms. The Balaban J connectivity index is 1.37. The van der Waals surface area contributed by atoms with E-state index in [0.717, 1.165) is 42.7 Å². The van der Waals surface area contributed by atoms with Gasteiger partial charge in [-0.05, 0) is 86.5 Å². The molecule has 2 aliphatic carbocycles. The minimum Gasteiger partial charge on any atom is -0.493 e. The highest BCUT2D eigenvalue weighted by atomic mass is 32.5. The van der Waals surface area contributed by atoms with E-state index in [1.165, 1.54) is 64.2 Å². The van der Waals surface area contributed by atoms with Crippen LogP contribution in [-0.2, 0) is 0 Å². The average molecular weight is 469 g/mol. The highest BCUT2D eigenvalue weighted by Crippen LogP contribution is 3.02. The van der Waals surface area contributed by atoms with Crippen molar-refractivity contribution in [3.05, 3.63) is 24.3 Å². The Morgan fingerprint density at radius 2 is 1.26 bits per heavy atom. The summed E-state index contributed by atoms with van der Waals surface area (Å²) in [6.45, 7) is 2.69. The molecule has 0 aromatic heterocycles. The van der Waals surface area contributed by atoms with Crippen LogP contribution in [0.1, 0.15) is 84.0 Å². The Morgan fingerprint density at radius 1 is 0.742 bits per heavy atom. The molecular weight excluding hydrogens is 431 g/mol. The Kier molecular flexibility index (Phi) is 7.24. The smallest absolute Gasteiger partial charge is 0.310 e. The number of unbranched alkanes of at least 4 members (excludes halogenated alkanes) is 2. The summed E-state index contributed by atoms with van der Waals surface area (Å²) in [7, 11) is -9.61. The van der Waals surface area contributed by atoms with Gasteiger partial charge in [-0.3, -0.25) is 0 Å². The fraction of sp³-hybridized carbons (Fsp3) is 0.750. The van der Waals surface area contributed by atoms with E-state index in [4.69, 9.17) is 4.74 Å². The maximum absolute atomic E-state index is 12.8. The van der Waals surface area contributed by atoms with Crippen LogP contribution >= 0.6 is 10.2 Å². The zero-order valence-electron chi connectivity index (χ0n) is 18.5. The molecule has 2 saturated carbocycles. The maximum atomic E-state index is 12.8. The first-order chi connectivity index (χ1) is 14.4. The van der Waals surface area contributed by atoms with Gasteiger partial charge >= 0.3 is 10.2 Å². The molecule has 180 valence electrons. The lowest BCUT2D eigenvalue weighted by Gasteiger charge is -2.40. The van der Waals surface area contributed by atoms with Gasteiger partial charge in [0.25, 0.3) is 0 Å². The first kappa shape index (κ1) is 24.7. The highest BCUT2D eigenvalue weighted by molar-refractivity contribution is 8.45. The van der Waals surface area contributed by atoms with Crippen molar-refractivity contribution in [3.8, 4) is 5.75 Å². The molecule has 1 aromatic rings. The lowest BCUT2D eigenvalue weighted by molar-refractivity contribution is 0.121. The molecule has 31 heavy (non-hydrogen) atoms. The summed E-state index contributed by atoms with van der Waals surface area (Å²) in [5, 5.41) is 0. The van der Waals surface area contributed by atoms with E-state index < -0.39 is 15.1 Å². The Labute approximate surface area is 183 Å². The van der Waals surface area contributed by atoms with E-state index in [1.807, 2.05) is 0 Å². The van der Waals surface area contributed by atoms with Gasteiger partial charge in [0, 0.05) is 0 Å². The molecule has 0 saturated heterocycles. The second-order valence-electron chi connectivity index (χ2n) is 9.81. The van der Waals surface area contributed by atoms with Crippen molar-refractivity contribution >= 4 is 10.2 Å². The van der Waals surface area contributed by atoms with Crippen molar-refractivity contribution in [1.82, 2.24) is 0 Å². The summed E-state index contributed by atoms with van der Waals surface area (Å²) in [4.78, 5) is -1.87. The first-order valence-electron chi connectivity index (χ1n) is 11.9. The SMILES string of the molecule is CCCCCC1CCC(C2CCC(COc3ccc(S(F)(F)(F)(F)F)cc3)CC2)CC1. The van der Waals surface area contributed by atoms with E-state index in [-0.39, 0.29) is 5.75 Å². The van der Waals surface area contributed by atoms with Gasteiger partial charge in [-0.1, -0.05) is 64.9 Å². The number of rotatable bonds is 9. The van der Waals surface area contributed by atoms with Crippen molar-refractivity contribution in [1.29, 1.82) is 0 Å². The predicted molar refractivity (Wildman–Crippen MR) is 118 cm³/mol. The molecule has 1 nitrogen and oxygen atoms in total. The second kappa shape index (κ2) is 9.11. The van der Waals surface area contributed by atoms with Crippen LogP contribution in [0.5, 0.6) is 5.75 Å². The monoisotopic (exact) mass is 468 g/mol. The third-order valence-corrected chi connectivity index (χ3v) is 8.58. The molecule has 3 rings (SSSR count). The van der Waals surface area contributed by atoms with E-state index in [1.54, 1.807) is 0 Å². The minimum atomic E-state index is -9.61. The van der Waals surface area contributed by atoms with Crippen LogP contribution in [-0.4, -0.2) is 6.61 Å². The van der Waals surface area contributed by atoms with Gasteiger partial charge in [-0.15, -0.1) is 0 Å². The fourth-order valence-corrected chi connectivity index (χ4v) is 6.12. The lowest BCUT2D eigenvalue weighted by Crippen LogP contribution is -2.27. The first-order valence-corrected chi connectivity index (χ1v) is 13.9. The molecule has 7 heteroatoms. The van der Waals surface area contributed by atoms with Crippen molar-refractivity contribution in [3.63, 3.8) is 0 Å². The zero-order chi connectivity index (χ0) is 22.6. The minimum absolute atomic E-state index is 0.217. The van der Waals surface area contributed by atoms with Crippen molar-refractivity contribution < 1.29 is 24.2 Å². The van der Waals surface area contributed by atoms with Gasteiger partial charge in [-0.2, -0.15) is 0 Å². The molecule has 0 atom stereocenters. The third-order valence-electron chi connectivity index (χ3n) is 7.42. The molecule has 0 unspecified atom stereocenters. The summed E-state index contributed by atoms with van der Waals surface area (Å²) in [5.41, 5.74) is 0. The van der Waals surface area contributed by atoms with Crippen LogP contribution in [0, 0.1) is 23.7 Å². The number of ether oxygens (including phenoxy) is 1. The van der Waals surface area contributed by atoms with E-state index in [0.29, 0.717) is 24.7 Å². The molecule has 2 aliphatic rings. The van der Waals surface area contributed by atoms with Gasteiger partial charge < -0.3 is 4.74 Å². The van der Waals surface area contributed by atoms with E-state index in [2.05, 4.69) is 6.92 Å². The number of halogens is 5. The number of hydrogen-bond acceptors (Lipinski definition) is 1. The van der Waals surface area contributed by atoms with Gasteiger partial charge in [0.1, 0.15) is 10.6 Å². The average Bonchev–Trinajstić information content (AvgIpc) is 2.72. The van der Waals surface area contributed by atoms with Gasteiger partial charge in [-0.25, -0.2) is 0 Å². The molecule has 0 bridgehead atoms. The zero-order valence-corrected chi connectivity index (χ0v) is 19.3. The van der Waals surface area contributed by atoms with Gasteiger partial charge in [0.2, 0.25) is 0 Å². The molecular formula is C24H37F5OS. The van der Waals surface area contributed by atoms with Crippen LogP contribution in [0.4, 0.5) is 19.4 Å². The van der Waals surface area contributed by atoms with Crippen molar-refractivity contribution in [2.24, 2.45) is 23.7 Å². The summed E-state index contributed by atoms with van der Waals surface area (Å²) in [6.07, 6.45) is 15.4. The molecule has 1 aromatic carbocycles.